The van der Waals surface area contributed by atoms with Gasteiger partial charge in [0.1, 0.15) is 6.33 Å². The number of hydrogen-bond acceptors (Lipinski definition) is 7. The van der Waals surface area contributed by atoms with E-state index in [4.69, 9.17) is 9.26 Å². The zero-order valence-corrected chi connectivity index (χ0v) is 24.6. The van der Waals surface area contributed by atoms with Crippen molar-refractivity contribution in [3.8, 4) is 34.0 Å². The standard InChI is InChI=1S/C33H31FN6O4.K.H/c1-4-5-10-28-26(17-21-11-13-22(14-12-21)24-8-6-7-9-25(24)30-37-33(42)44-38-30)31(41)39(32-35-19-36-40(28)32)23-15-16-29(27(34)18-23)43-20(2)3;;/h6-9,11-16,18-20H,4-5,10,17H2,1-3H3,(H,37,38,42);;. The Morgan fingerprint density at radius 3 is 2.44 bits per heavy atom. The summed E-state index contributed by atoms with van der Waals surface area (Å²) >= 11 is 0. The van der Waals surface area contributed by atoms with Gasteiger partial charge in [-0.05, 0) is 55.5 Å². The van der Waals surface area contributed by atoms with Crippen LogP contribution in [0.3, 0.4) is 0 Å². The van der Waals surface area contributed by atoms with Crippen molar-refractivity contribution >= 4 is 57.2 Å². The molecule has 3 aromatic heterocycles. The van der Waals surface area contributed by atoms with Crippen LogP contribution in [0, 0.1) is 5.82 Å². The Morgan fingerprint density at radius 1 is 1.02 bits per heavy atom. The Hall–Kier alpha value is -3.68. The van der Waals surface area contributed by atoms with Crippen LogP contribution in [0.1, 0.15) is 50.4 Å². The Bertz CT molecular complexity index is 2060. The fourth-order valence-electron chi connectivity index (χ4n) is 5.34. The van der Waals surface area contributed by atoms with Gasteiger partial charge in [-0.2, -0.15) is 10.1 Å². The predicted molar refractivity (Wildman–Crippen MR) is 171 cm³/mol. The van der Waals surface area contributed by atoms with Crippen molar-refractivity contribution < 1.29 is 13.7 Å². The number of aromatic nitrogens is 6. The van der Waals surface area contributed by atoms with Crippen molar-refractivity contribution in [1.29, 1.82) is 0 Å². The van der Waals surface area contributed by atoms with E-state index < -0.39 is 11.6 Å². The Labute approximate surface area is 300 Å². The minimum atomic E-state index is -0.624. The number of halogens is 1. The Kier molecular flexibility index (Phi) is 10.3. The molecule has 0 radical (unpaired) electrons. The van der Waals surface area contributed by atoms with Crippen molar-refractivity contribution in [2.75, 3.05) is 0 Å². The molecule has 0 fully saturated rings. The molecule has 1 N–H and O–H groups in total. The third-order valence-electron chi connectivity index (χ3n) is 7.37. The number of rotatable bonds is 10. The first-order valence-corrected chi connectivity index (χ1v) is 14.5. The molecule has 3 heterocycles. The van der Waals surface area contributed by atoms with Crippen molar-refractivity contribution in [2.24, 2.45) is 0 Å². The molecule has 0 amide bonds. The molecule has 6 rings (SSSR count). The zero-order chi connectivity index (χ0) is 30.8. The molecule has 3 aromatic carbocycles. The van der Waals surface area contributed by atoms with Crippen molar-refractivity contribution in [2.45, 2.75) is 52.6 Å². The molecule has 0 bridgehead atoms. The van der Waals surface area contributed by atoms with Gasteiger partial charge in [-0.3, -0.25) is 14.3 Å². The Morgan fingerprint density at radius 2 is 1.78 bits per heavy atom. The normalized spacial score (nSPS) is 11.2. The first kappa shape index (κ1) is 32.7. The number of ether oxygens (including phenoxy) is 1. The summed E-state index contributed by atoms with van der Waals surface area (Å²) in [6, 6.07) is 19.9. The summed E-state index contributed by atoms with van der Waals surface area (Å²) < 4.78 is 28.4. The number of hydrogen-bond donors (Lipinski definition) is 1. The number of H-pyrrole nitrogens is 1. The molecule has 10 nitrogen and oxygen atoms in total. The summed E-state index contributed by atoms with van der Waals surface area (Å²) in [5.41, 5.74) is 4.81. The van der Waals surface area contributed by atoms with E-state index in [0.29, 0.717) is 35.7 Å². The summed E-state index contributed by atoms with van der Waals surface area (Å²) in [6.45, 7) is 5.74. The maximum atomic E-state index is 15.1. The average molecular weight is 635 g/mol. The third kappa shape index (κ3) is 6.80. The summed E-state index contributed by atoms with van der Waals surface area (Å²) in [5.74, 6) is -0.410. The summed E-state index contributed by atoms with van der Waals surface area (Å²) in [7, 11) is 0. The van der Waals surface area contributed by atoms with Gasteiger partial charge in [0.15, 0.2) is 17.4 Å². The number of nitrogens with one attached hydrogen (secondary N) is 1. The molecule has 226 valence electrons. The van der Waals surface area contributed by atoms with Crippen molar-refractivity contribution in [3.63, 3.8) is 0 Å². The van der Waals surface area contributed by atoms with Crippen LogP contribution in [0.4, 0.5) is 4.39 Å². The van der Waals surface area contributed by atoms with Crippen LogP contribution in [-0.2, 0) is 12.8 Å². The average Bonchev–Trinajstić information content (AvgIpc) is 3.68. The third-order valence-corrected chi connectivity index (χ3v) is 7.37. The monoisotopic (exact) mass is 634 g/mol. The quantitative estimate of drug-likeness (QED) is 0.208. The van der Waals surface area contributed by atoms with Crippen LogP contribution in [0.2, 0.25) is 0 Å². The molecule has 45 heavy (non-hydrogen) atoms. The minimum absolute atomic E-state index is 0. The van der Waals surface area contributed by atoms with E-state index >= 15 is 4.39 Å². The SMILES string of the molecule is CCCCc1c(Cc2ccc(-c3ccccc3-c3noc(=O)[nH]3)cc2)c(=O)n(-c2ccc(OC(C)C)c(F)c2)c2ncnn12.[KH]. The second-order valence-electron chi connectivity index (χ2n) is 10.8. The second kappa shape index (κ2) is 14.2. The fraction of sp³-hybridized carbons (Fsp3) is 0.242. The van der Waals surface area contributed by atoms with Gasteiger partial charge in [0, 0.05) is 23.6 Å². The number of benzene rings is 3. The summed E-state index contributed by atoms with van der Waals surface area (Å²) in [6.07, 6.45) is 3.98. The topological polar surface area (TPSA) is 120 Å². The van der Waals surface area contributed by atoms with Crippen molar-refractivity contribution in [1.82, 2.24) is 29.3 Å². The van der Waals surface area contributed by atoms with Gasteiger partial charge in [-0.15, -0.1) is 0 Å². The van der Waals surface area contributed by atoms with E-state index in [0.717, 1.165) is 40.8 Å². The van der Waals surface area contributed by atoms with Gasteiger partial charge >= 0.3 is 57.1 Å². The van der Waals surface area contributed by atoms with Gasteiger partial charge < -0.3 is 4.74 Å². The molecule has 0 aliphatic carbocycles. The van der Waals surface area contributed by atoms with Gasteiger partial charge in [0.05, 0.1) is 17.5 Å². The van der Waals surface area contributed by atoms with Crippen molar-refractivity contribution in [3.05, 3.63) is 117 Å². The number of aromatic amines is 1. The molecule has 6 aromatic rings. The molecule has 12 heteroatoms. The Balaban J connectivity index is 0.00000400. The first-order chi connectivity index (χ1) is 21.3. The van der Waals surface area contributed by atoms with Gasteiger partial charge in [-0.1, -0.05) is 67.0 Å². The summed E-state index contributed by atoms with van der Waals surface area (Å²) in [4.78, 5) is 32.8. The van der Waals surface area contributed by atoms with Crippen LogP contribution < -0.4 is 16.1 Å². The van der Waals surface area contributed by atoms with E-state index in [2.05, 4.69) is 27.1 Å². The maximum absolute atomic E-state index is 15.1. The van der Waals surface area contributed by atoms with Crippen LogP contribution in [0.25, 0.3) is 34.0 Å². The molecule has 0 aliphatic heterocycles. The predicted octanol–water partition coefficient (Wildman–Crippen LogP) is 5.10. The molecular formula is C33H32FKN6O4. The number of nitrogens with zero attached hydrogens (tertiary/aromatic N) is 5. The fourth-order valence-corrected chi connectivity index (χ4v) is 5.34. The van der Waals surface area contributed by atoms with E-state index in [-0.39, 0.29) is 68.8 Å². The van der Waals surface area contributed by atoms with Gasteiger partial charge in [0.25, 0.3) is 5.56 Å². The van der Waals surface area contributed by atoms with Crippen LogP contribution in [-0.4, -0.2) is 86.8 Å². The van der Waals surface area contributed by atoms with E-state index in [1.807, 2.05) is 62.4 Å². The molecule has 0 saturated heterocycles. The van der Waals surface area contributed by atoms with E-state index in [1.165, 1.54) is 23.0 Å². The molecule has 0 unspecified atom stereocenters. The second-order valence-corrected chi connectivity index (χ2v) is 10.8. The van der Waals surface area contributed by atoms with E-state index in [1.54, 1.807) is 10.6 Å². The molecule has 0 atom stereocenters. The molecular weight excluding hydrogens is 602 g/mol. The van der Waals surface area contributed by atoms with Gasteiger partial charge in [-0.25, -0.2) is 18.3 Å². The zero-order valence-electron chi connectivity index (χ0n) is 24.6. The molecule has 0 aliphatic rings. The van der Waals surface area contributed by atoms with Crippen LogP contribution in [0.15, 0.2) is 87.2 Å². The molecule has 0 saturated carbocycles. The number of fused-ring (bicyclic) bond motifs is 1. The van der Waals surface area contributed by atoms with Crippen LogP contribution in [0.5, 0.6) is 5.75 Å². The number of unbranched alkanes of at least 4 members (excludes halogenated alkanes) is 1. The summed E-state index contributed by atoms with van der Waals surface area (Å²) in [5, 5.41) is 8.30. The molecule has 0 spiro atoms. The van der Waals surface area contributed by atoms with Gasteiger partial charge in [0.2, 0.25) is 5.78 Å². The number of aryl methyl sites for hydroxylation is 1. The first-order valence-electron chi connectivity index (χ1n) is 14.5. The van der Waals surface area contributed by atoms with E-state index in [9.17, 15) is 9.59 Å². The van der Waals surface area contributed by atoms with Crippen LogP contribution >= 0.6 is 0 Å².